The number of nitrogens with zero attached hydrogens (tertiary/aromatic N) is 2. The molecule has 2 heterocycles. The Labute approximate surface area is 142 Å². The van der Waals surface area contributed by atoms with Gasteiger partial charge in [0.05, 0.1) is 18.1 Å². The molecule has 0 spiro atoms. The summed E-state index contributed by atoms with van der Waals surface area (Å²) in [6.45, 7) is 1.96. The van der Waals surface area contributed by atoms with Crippen LogP contribution in [0.2, 0.25) is 0 Å². The molecular formula is C18H24N4O2. The molecule has 128 valence electrons. The topological polar surface area (TPSA) is 68.2 Å². The van der Waals surface area contributed by atoms with Crippen LogP contribution in [-0.2, 0) is 11.3 Å². The van der Waals surface area contributed by atoms with Crippen molar-refractivity contribution in [2.24, 2.45) is 0 Å². The maximum atomic E-state index is 12.0. The molecule has 1 unspecified atom stereocenters. The van der Waals surface area contributed by atoms with Gasteiger partial charge >= 0.3 is 6.03 Å². The lowest BCUT2D eigenvalue weighted by molar-refractivity contribution is 0.0120. The summed E-state index contributed by atoms with van der Waals surface area (Å²) >= 11 is 0. The Bertz CT molecular complexity index is 636. The number of ether oxygens (including phenoxy) is 1. The molecule has 1 aromatic heterocycles. The van der Waals surface area contributed by atoms with E-state index in [0.717, 1.165) is 37.1 Å². The Hall–Kier alpha value is -2.34. The number of nitrogens with one attached hydrogen (secondary N) is 2. The van der Waals surface area contributed by atoms with Crippen molar-refractivity contribution >= 4 is 6.03 Å². The van der Waals surface area contributed by atoms with Crippen LogP contribution in [-0.4, -0.2) is 34.8 Å². The van der Waals surface area contributed by atoms with E-state index < -0.39 is 0 Å². The number of para-hydroxylation sites is 1. The van der Waals surface area contributed by atoms with E-state index in [1.165, 1.54) is 6.42 Å². The second-order valence-electron chi connectivity index (χ2n) is 5.99. The first-order valence-electron chi connectivity index (χ1n) is 8.52. The maximum Gasteiger partial charge on any atom is 0.315 e. The van der Waals surface area contributed by atoms with E-state index in [-0.39, 0.29) is 6.03 Å². The third kappa shape index (κ3) is 4.58. The number of hydrogen-bond acceptors (Lipinski definition) is 3. The fourth-order valence-electron chi connectivity index (χ4n) is 2.93. The number of hydrogen-bond donors (Lipinski definition) is 2. The Kier molecular flexibility index (Phi) is 5.85. The van der Waals surface area contributed by atoms with Crippen LogP contribution in [0, 0.1) is 0 Å². The first kappa shape index (κ1) is 16.5. The zero-order valence-electron chi connectivity index (χ0n) is 13.8. The van der Waals surface area contributed by atoms with Crippen molar-refractivity contribution in [1.82, 2.24) is 20.2 Å². The summed E-state index contributed by atoms with van der Waals surface area (Å²) in [7, 11) is 0. The Morgan fingerprint density at radius 2 is 2.21 bits per heavy atom. The second kappa shape index (κ2) is 8.49. The molecule has 1 aromatic carbocycles. The third-order valence-electron chi connectivity index (χ3n) is 4.24. The quantitative estimate of drug-likeness (QED) is 0.856. The van der Waals surface area contributed by atoms with Gasteiger partial charge in [-0.15, -0.1) is 0 Å². The second-order valence-corrected chi connectivity index (χ2v) is 5.99. The van der Waals surface area contributed by atoms with Crippen molar-refractivity contribution in [2.45, 2.75) is 38.3 Å². The van der Waals surface area contributed by atoms with E-state index in [4.69, 9.17) is 4.74 Å². The molecule has 2 N–H and O–H groups in total. The van der Waals surface area contributed by atoms with Gasteiger partial charge in [0, 0.05) is 32.1 Å². The minimum Gasteiger partial charge on any atom is -0.378 e. The molecule has 0 bridgehead atoms. The van der Waals surface area contributed by atoms with Crippen molar-refractivity contribution in [3.8, 4) is 5.69 Å². The average Bonchev–Trinajstić information content (AvgIpc) is 3.16. The summed E-state index contributed by atoms with van der Waals surface area (Å²) in [4.78, 5) is 16.0. The molecule has 0 saturated carbocycles. The minimum atomic E-state index is -0.147. The summed E-state index contributed by atoms with van der Waals surface area (Å²) < 4.78 is 7.61. The maximum absolute atomic E-state index is 12.0. The molecule has 1 aliphatic rings. The van der Waals surface area contributed by atoms with E-state index in [0.29, 0.717) is 19.2 Å². The van der Waals surface area contributed by atoms with E-state index in [1.807, 2.05) is 35.0 Å². The van der Waals surface area contributed by atoms with Crippen molar-refractivity contribution in [1.29, 1.82) is 0 Å². The number of benzene rings is 1. The summed E-state index contributed by atoms with van der Waals surface area (Å²) in [5, 5.41) is 5.82. The van der Waals surface area contributed by atoms with E-state index in [9.17, 15) is 4.79 Å². The molecule has 6 nitrogen and oxygen atoms in total. The number of urea groups is 1. The van der Waals surface area contributed by atoms with Gasteiger partial charge in [-0.25, -0.2) is 9.78 Å². The molecule has 1 fully saturated rings. The molecule has 2 aromatic rings. The monoisotopic (exact) mass is 328 g/mol. The van der Waals surface area contributed by atoms with Gasteiger partial charge in [-0.1, -0.05) is 18.2 Å². The largest absolute Gasteiger partial charge is 0.378 e. The van der Waals surface area contributed by atoms with Crippen molar-refractivity contribution in [3.63, 3.8) is 0 Å². The highest BCUT2D eigenvalue weighted by atomic mass is 16.5. The lowest BCUT2D eigenvalue weighted by Gasteiger charge is -2.22. The smallest absolute Gasteiger partial charge is 0.315 e. The number of imidazole rings is 1. The highest BCUT2D eigenvalue weighted by Gasteiger charge is 2.13. The number of carbonyl (C=O) groups excluding carboxylic acids is 1. The van der Waals surface area contributed by atoms with Crippen LogP contribution in [0.15, 0.2) is 43.0 Å². The number of carbonyl (C=O) groups is 1. The van der Waals surface area contributed by atoms with Gasteiger partial charge in [-0.2, -0.15) is 0 Å². The van der Waals surface area contributed by atoms with Gasteiger partial charge < -0.3 is 19.9 Å². The van der Waals surface area contributed by atoms with E-state index in [1.54, 1.807) is 12.5 Å². The molecule has 1 saturated heterocycles. The van der Waals surface area contributed by atoms with Gasteiger partial charge in [0.2, 0.25) is 0 Å². The summed E-state index contributed by atoms with van der Waals surface area (Å²) in [5.74, 6) is 0. The Morgan fingerprint density at radius 3 is 3.00 bits per heavy atom. The molecule has 3 rings (SSSR count). The van der Waals surface area contributed by atoms with Crippen LogP contribution < -0.4 is 10.6 Å². The fraction of sp³-hybridized carbons (Fsp3) is 0.444. The van der Waals surface area contributed by atoms with Crippen LogP contribution in [0.1, 0.15) is 31.2 Å². The first-order chi connectivity index (χ1) is 11.8. The highest BCUT2D eigenvalue weighted by Crippen LogP contribution is 2.15. The van der Waals surface area contributed by atoms with Crippen LogP contribution in [0.4, 0.5) is 4.79 Å². The minimum absolute atomic E-state index is 0.147. The Balaban J connectivity index is 1.45. The van der Waals surface area contributed by atoms with Crippen LogP contribution in [0.5, 0.6) is 0 Å². The average molecular weight is 328 g/mol. The first-order valence-corrected chi connectivity index (χ1v) is 8.52. The lowest BCUT2D eigenvalue weighted by atomic mass is 10.1. The van der Waals surface area contributed by atoms with Gasteiger partial charge in [0.25, 0.3) is 0 Å². The van der Waals surface area contributed by atoms with Crippen molar-refractivity contribution in [2.75, 3.05) is 13.2 Å². The fourth-order valence-corrected chi connectivity index (χ4v) is 2.93. The SMILES string of the molecule is O=C(NCCC1CCCCO1)NCc1ccccc1-n1ccnc1. The molecule has 24 heavy (non-hydrogen) atoms. The van der Waals surface area contributed by atoms with Gasteiger partial charge in [0.15, 0.2) is 0 Å². The Morgan fingerprint density at radius 1 is 1.29 bits per heavy atom. The zero-order chi connectivity index (χ0) is 16.6. The van der Waals surface area contributed by atoms with Crippen molar-refractivity contribution < 1.29 is 9.53 Å². The molecule has 1 aliphatic heterocycles. The summed E-state index contributed by atoms with van der Waals surface area (Å²) in [5.41, 5.74) is 2.06. The normalized spacial score (nSPS) is 17.4. The predicted molar refractivity (Wildman–Crippen MR) is 92.0 cm³/mol. The van der Waals surface area contributed by atoms with E-state index in [2.05, 4.69) is 15.6 Å². The van der Waals surface area contributed by atoms with Gasteiger partial charge in [-0.3, -0.25) is 0 Å². The van der Waals surface area contributed by atoms with Crippen LogP contribution in [0.25, 0.3) is 5.69 Å². The lowest BCUT2D eigenvalue weighted by Crippen LogP contribution is -2.37. The predicted octanol–water partition coefficient (Wildman–Crippen LogP) is 2.63. The number of amides is 2. The third-order valence-corrected chi connectivity index (χ3v) is 4.24. The standard InChI is InChI=1S/C18H24N4O2/c23-18(20-9-8-16-6-3-4-12-24-16)21-13-15-5-1-2-7-17(15)22-11-10-19-14-22/h1-2,5,7,10-11,14,16H,3-4,6,8-9,12-13H2,(H2,20,21,23). The van der Waals surface area contributed by atoms with Crippen molar-refractivity contribution in [3.05, 3.63) is 48.5 Å². The number of aromatic nitrogens is 2. The molecule has 0 radical (unpaired) electrons. The molecular weight excluding hydrogens is 304 g/mol. The molecule has 1 atom stereocenters. The molecule has 2 amide bonds. The number of rotatable bonds is 6. The van der Waals surface area contributed by atoms with Crippen LogP contribution >= 0.6 is 0 Å². The van der Waals surface area contributed by atoms with Gasteiger partial charge in [-0.05, 0) is 37.3 Å². The zero-order valence-corrected chi connectivity index (χ0v) is 13.8. The van der Waals surface area contributed by atoms with Gasteiger partial charge in [0.1, 0.15) is 0 Å². The highest BCUT2D eigenvalue weighted by molar-refractivity contribution is 5.73. The summed E-state index contributed by atoms with van der Waals surface area (Å²) in [6, 6.07) is 7.81. The van der Waals surface area contributed by atoms with E-state index >= 15 is 0 Å². The molecule has 6 heteroatoms. The molecule has 0 aliphatic carbocycles. The van der Waals surface area contributed by atoms with Crippen LogP contribution in [0.3, 0.4) is 0 Å². The summed E-state index contributed by atoms with van der Waals surface area (Å²) in [6.07, 6.45) is 10.0.